The maximum Gasteiger partial charge on any atom is 0.490 e. The van der Waals surface area contributed by atoms with Gasteiger partial charge in [-0.1, -0.05) is 52.2 Å². The molecule has 3 aliphatic rings. The maximum atomic E-state index is 13.0. The highest BCUT2D eigenvalue weighted by Gasteiger charge is 2.46. The number of Topliss-reactive ketones (excluding diaryl/α,β-unsaturated/α-hetero) is 1. The van der Waals surface area contributed by atoms with E-state index in [1.807, 2.05) is 0 Å². The second kappa shape index (κ2) is 24.5. The Bertz CT molecular complexity index is 2900. The van der Waals surface area contributed by atoms with Gasteiger partial charge in [-0.2, -0.15) is 17.2 Å². The van der Waals surface area contributed by atoms with Crippen molar-refractivity contribution >= 4 is 86.0 Å². The number of nitrogens with zero attached hydrogens (tertiary/aromatic N) is 3. The van der Waals surface area contributed by atoms with Gasteiger partial charge in [0.15, 0.2) is 5.78 Å². The zero-order valence-corrected chi connectivity index (χ0v) is 42.8. The molecular formula is C30H42N6O27P6S2. The Labute approximate surface area is 406 Å². The van der Waals surface area contributed by atoms with Gasteiger partial charge in [0.05, 0.1) is 49.5 Å². The lowest BCUT2D eigenvalue weighted by Gasteiger charge is -2.22. The van der Waals surface area contributed by atoms with Crippen molar-refractivity contribution < 1.29 is 117 Å². The molecule has 10 atom stereocenters. The number of rotatable bonds is 23. The van der Waals surface area contributed by atoms with Gasteiger partial charge in [-0.15, -0.1) is 0 Å². The van der Waals surface area contributed by atoms with E-state index in [1.54, 1.807) is 6.92 Å². The molecule has 0 radical (unpaired) electrons. The smallest absolute Gasteiger partial charge is 0.387 e. The summed E-state index contributed by atoms with van der Waals surface area (Å²) in [6, 6.07) is 0. The molecule has 5 heterocycles. The second-order valence-electron chi connectivity index (χ2n) is 14.1. The SMILES string of the molecule is CCC#Cc1cn([C@H]2CC(OCSSCOC3C[C@H](n4cc(C#CCN)c5c4N=C(N)CC5=O)O[C@@H]3COP(=O)(O)OP(=O)(O)OP(=O)(O)O)[C@@H](COP(=O)(O)OP(=O)(O)OP(=O)(O)O)O2)c(=O)[nH]c1=O. The van der Waals surface area contributed by atoms with Gasteiger partial charge in [0, 0.05) is 31.7 Å². The molecule has 0 amide bonds. The maximum absolute atomic E-state index is 13.0. The van der Waals surface area contributed by atoms with Crippen LogP contribution in [0.15, 0.2) is 27.0 Å². The number of phosphoric ester groups is 2. The molecular weight excluding hydrogens is 1130 g/mol. The van der Waals surface area contributed by atoms with E-state index in [1.165, 1.54) is 10.8 Å². The van der Waals surface area contributed by atoms with Crippen LogP contribution >= 0.6 is 68.5 Å². The molecule has 2 aromatic heterocycles. The van der Waals surface area contributed by atoms with Crippen LogP contribution in [0.25, 0.3) is 0 Å². The molecule has 0 aromatic carbocycles. The van der Waals surface area contributed by atoms with Gasteiger partial charge >= 0.3 is 52.6 Å². The fourth-order valence-corrected chi connectivity index (χ4v) is 13.8. The van der Waals surface area contributed by atoms with E-state index in [9.17, 15) is 61.3 Å². The van der Waals surface area contributed by atoms with E-state index in [0.29, 0.717) is 6.42 Å². The molecule has 0 saturated carbocycles. The van der Waals surface area contributed by atoms with Crippen molar-refractivity contribution in [2.24, 2.45) is 16.5 Å². The van der Waals surface area contributed by atoms with Gasteiger partial charge in [-0.25, -0.2) is 37.2 Å². The minimum atomic E-state index is -5.90. The number of aromatic nitrogens is 3. The average Bonchev–Trinajstić information content (AvgIpc) is 3.92. The molecule has 71 heavy (non-hydrogen) atoms. The van der Waals surface area contributed by atoms with E-state index in [4.69, 9.17) is 59.0 Å². The molecule has 3 aliphatic heterocycles. The van der Waals surface area contributed by atoms with Crippen molar-refractivity contribution in [3.63, 3.8) is 0 Å². The van der Waals surface area contributed by atoms with Gasteiger partial charge in [-0.3, -0.25) is 28.2 Å². The van der Waals surface area contributed by atoms with Crippen LogP contribution in [0.5, 0.6) is 0 Å². The lowest BCUT2D eigenvalue weighted by atomic mass is 10.0. The van der Waals surface area contributed by atoms with Crippen molar-refractivity contribution in [1.82, 2.24) is 14.1 Å². The number of phosphoric acid groups is 6. The first-order chi connectivity index (χ1) is 32.9. The molecule has 396 valence electrons. The van der Waals surface area contributed by atoms with Gasteiger partial charge in [0.2, 0.25) is 0 Å². The summed E-state index contributed by atoms with van der Waals surface area (Å²) in [5.41, 5.74) is 9.84. The number of H-pyrrole nitrogens is 1. The van der Waals surface area contributed by atoms with Crippen LogP contribution in [0.1, 0.15) is 66.5 Å². The Morgan fingerprint density at radius 2 is 1.21 bits per heavy atom. The molecule has 33 nitrogen and oxygen atoms in total. The first-order valence-corrected chi connectivity index (χ1v) is 30.9. The first-order valence-electron chi connectivity index (χ1n) is 19.4. The number of nitrogens with two attached hydrogens (primary N) is 2. The molecule has 41 heteroatoms. The van der Waals surface area contributed by atoms with Crippen LogP contribution in [-0.2, 0) is 72.6 Å². The number of amidine groups is 1. The van der Waals surface area contributed by atoms with Gasteiger partial charge in [-0.05, 0) is 0 Å². The van der Waals surface area contributed by atoms with E-state index in [0.717, 1.165) is 32.4 Å². The van der Waals surface area contributed by atoms with E-state index < -0.39 is 114 Å². The fraction of sp³-hybridized carbons (Fsp3) is 0.533. The highest BCUT2D eigenvalue weighted by atomic mass is 33.1. The Balaban J connectivity index is 1.29. The highest BCUT2D eigenvalue weighted by molar-refractivity contribution is 8.76. The number of aliphatic imine (C=N–C) groups is 1. The number of carbonyl (C=O) groups is 1. The number of nitrogens with one attached hydrogen (secondary N) is 1. The molecule has 2 fully saturated rings. The summed E-state index contributed by atoms with van der Waals surface area (Å²) in [7, 11) is -32.6. The number of fused-ring (bicyclic) bond motifs is 1. The van der Waals surface area contributed by atoms with Gasteiger partial charge < -0.3 is 74.1 Å². The van der Waals surface area contributed by atoms with Crippen molar-refractivity contribution in [2.45, 2.75) is 69.5 Å². The summed E-state index contributed by atoms with van der Waals surface area (Å²) in [5.74, 6) is 9.72. The summed E-state index contributed by atoms with van der Waals surface area (Å²) in [4.78, 5) is 119. The fourth-order valence-electron chi connectivity index (χ4n) is 6.40. The van der Waals surface area contributed by atoms with Crippen LogP contribution in [0.3, 0.4) is 0 Å². The van der Waals surface area contributed by atoms with Gasteiger partial charge in [0.25, 0.3) is 5.56 Å². The summed E-state index contributed by atoms with van der Waals surface area (Å²) < 4.78 is 122. The van der Waals surface area contributed by atoms with Crippen LogP contribution in [0.4, 0.5) is 5.82 Å². The lowest BCUT2D eigenvalue weighted by molar-refractivity contribution is -0.0544. The lowest BCUT2D eigenvalue weighted by Crippen LogP contribution is -2.33. The number of hydrogen-bond donors (Lipinski definition) is 11. The predicted molar refractivity (Wildman–Crippen MR) is 240 cm³/mol. The zero-order valence-electron chi connectivity index (χ0n) is 35.8. The van der Waals surface area contributed by atoms with Crippen LogP contribution < -0.4 is 22.7 Å². The Hall–Kier alpha value is -2.46. The first kappa shape index (κ1) is 59.4. The minimum absolute atomic E-state index is 0.0361. The van der Waals surface area contributed by atoms with Crippen LogP contribution in [-0.4, -0.2) is 121 Å². The molecule has 2 aromatic rings. The van der Waals surface area contributed by atoms with Crippen LogP contribution in [0, 0.1) is 23.7 Å². The normalized spacial score (nSPS) is 24.8. The third kappa shape index (κ3) is 18.1. The van der Waals surface area contributed by atoms with E-state index in [-0.39, 0.29) is 66.0 Å². The van der Waals surface area contributed by atoms with Crippen LogP contribution in [0.2, 0.25) is 0 Å². The standard InChI is InChI=1S/C30H42N6O27P6S2/c1-2-3-5-18-12-36(30(39)34-29(18)38)26-10-21(23(59-26)14-57-67(48,49)63-69(52,53)61-65(43,44)45)55-16-71-70-15-54-20-9-25(35-11-17(6-4-7-31)27-19(37)8-24(32)33-28(27)35)58-22(20)13-56-66(46,47)62-68(50,51)60-64(40,41)42/h11-12,20-23,25-26H,2,7-10,13-16,31H2,1H3,(H2,32,33)(H,46,47)(H,48,49)(H,50,51)(H,52,53)(H,34,38,39)(H2,40,41,42)(H2,43,44,45)/t20?,21?,22-,23-,25-,26-/m1/s1. The minimum Gasteiger partial charge on any atom is -0.387 e. The Kier molecular flexibility index (Phi) is 20.5. The van der Waals surface area contributed by atoms with E-state index >= 15 is 0 Å². The average molecular weight is 1170 g/mol. The largest absolute Gasteiger partial charge is 0.490 e. The molecule has 2 saturated heterocycles. The number of aromatic amines is 1. The van der Waals surface area contributed by atoms with Crippen molar-refractivity contribution in [2.75, 3.05) is 31.6 Å². The highest BCUT2D eigenvalue weighted by Crippen LogP contribution is 2.67. The van der Waals surface area contributed by atoms with Gasteiger partial charge in [0.1, 0.15) is 53.8 Å². The molecule has 0 aliphatic carbocycles. The van der Waals surface area contributed by atoms with Crippen molar-refractivity contribution in [3.05, 3.63) is 49.9 Å². The number of ketones is 1. The van der Waals surface area contributed by atoms with Crippen molar-refractivity contribution in [3.8, 4) is 23.7 Å². The molecule has 6 unspecified atom stereocenters. The third-order valence-electron chi connectivity index (χ3n) is 8.93. The number of hydrogen-bond acceptors (Lipinski definition) is 24. The monoisotopic (exact) mass is 1170 g/mol. The molecule has 13 N–H and O–H groups in total. The molecule has 0 bridgehead atoms. The third-order valence-corrected chi connectivity index (χ3v) is 18.2. The topological polar surface area (TPSA) is 498 Å². The second-order valence-corrected chi connectivity index (χ2v) is 25.3. The number of ether oxygens (including phenoxy) is 4. The predicted octanol–water partition coefficient (Wildman–Crippen LogP) is 1.01. The summed E-state index contributed by atoms with van der Waals surface area (Å²) in [6.07, 6.45) is -5.07. The summed E-state index contributed by atoms with van der Waals surface area (Å²) in [5, 5.41) is 0. The van der Waals surface area contributed by atoms with E-state index in [2.05, 4.69) is 50.9 Å². The number of carbonyl (C=O) groups excluding carboxylic acids is 1. The quantitative estimate of drug-likeness (QED) is 0.0243. The molecule has 0 spiro atoms. The zero-order chi connectivity index (χ0) is 52.7. The Morgan fingerprint density at radius 1 is 0.732 bits per heavy atom. The summed E-state index contributed by atoms with van der Waals surface area (Å²) in [6.45, 7) is -0.309. The Morgan fingerprint density at radius 3 is 1.69 bits per heavy atom. The van der Waals surface area contributed by atoms with Crippen molar-refractivity contribution in [1.29, 1.82) is 0 Å². The molecule has 5 rings (SSSR count). The summed E-state index contributed by atoms with van der Waals surface area (Å²) >= 11 is 0.